The standard InChI is InChI=1S/C30H26N4O5/c1-3-39-30(37)24-19-23-26(31-25-11-7-8-17-33(25)29(23)36)34(18-16-20-9-5-4-6-10-20)27(24)32-28(35)21-12-14-22(38-2)15-13-21/h4-15,17,19H,3,16,18H2,1-2H3. The molecular weight excluding hydrogens is 496 g/mol. The minimum absolute atomic E-state index is 0.00838. The van der Waals surface area contributed by atoms with Crippen LogP contribution in [-0.2, 0) is 17.7 Å². The number of amides is 1. The lowest BCUT2D eigenvalue weighted by molar-refractivity contribution is 0.0523. The number of aryl methyl sites for hydroxylation is 2. The summed E-state index contributed by atoms with van der Waals surface area (Å²) in [6.45, 7) is 2.10. The summed E-state index contributed by atoms with van der Waals surface area (Å²) >= 11 is 0. The smallest absolute Gasteiger partial charge is 0.341 e. The summed E-state index contributed by atoms with van der Waals surface area (Å²) in [6, 6.07) is 22.9. The van der Waals surface area contributed by atoms with Gasteiger partial charge in [0.15, 0.2) is 5.49 Å². The molecule has 0 fully saturated rings. The van der Waals surface area contributed by atoms with Crippen LogP contribution in [0.2, 0.25) is 0 Å². The second-order valence-electron chi connectivity index (χ2n) is 8.72. The molecule has 2 aromatic carbocycles. The highest BCUT2D eigenvalue weighted by atomic mass is 16.5. The van der Waals surface area contributed by atoms with Crippen LogP contribution in [0, 0.1) is 0 Å². The SMILES string of the molecule is CCOC(=O)c1cc2c(=O)n3ccccc3nc2n(CCc2ccccc2)c1=NC(=O)c1ccc(OC)cc1. The fraction of sp³-hybridized carbons (Fsp3) is 0.167. The minimum Gasteiger partial charge on any atom is -0.497 e. The van der Waals surface area contributed by atoms with Crippen molar-refractivity contribution in [1.82, 2.24) is 14.0 Å². The van der Waals surface area contributed by atoms with Crippen LogP contribution < -0.4 is 15.8 Å². The number of rotatable bonds is 7. The van der Waals surface area contributed by atoms with E-state index in [0.717, 1.165) is 5.56 Å². The second-order valence-corrected chi connectivity index (χ2v) is 8.72. The summed E-state index contributed by atoms with van der Waals surface area (Å²) in [5.41, 5.74) is 1.83. The van der Waals surface area contributed by atoms with Gasteiger partial charge >= 0.3 is 5.97 Å². The van der Waals surface area contributed by atoms with Gasteiger partial charge in [0.05, 0.1) is 19.1 Å². The van der Waals surface area contributed by atoms with E-state index in [0.29, 0.717) is 35.6 Å². The molecule has 9 nitrogen and oxygen atoms in total. The molecule has 5 rings (SSSR count). The Hall–Kier alpha value is -5.05. The molecule has 3 heterocycles. The summed E-state index contributed by atoms with van der Waals surface area (Å²) in [5.74, 6) is -0.654. The Bertz CT molecular complexity index is 1810. The molecule has 1 amide bonds. The van der Waals surface area contributed by atoms with Crippen LogP contribution in [-0.4, -0.2) is 39.5 Å². The van der Waals surface area contributed by atoms with Crippen LogP contribution in [0.5, 0.6) is 5.75 Å². The average Bonchev–Trinajstić information content (AvgIpc) is 2.97. The zero-order valence-electron chi connectivity index (χ0n) is 21.5. The van der Waals surface area contributed by atoms with E-state index in [4.69, 9.17) is 14.5 Å². The van der Waals surface area contributed by atoms with E-state index < -0.39 is 11.9 Å². The van der Waals surface area contributed by atoms with Gasteiger partial charge in [-0.05, 0) is 61.4 Å². The van der Waals surface area contributed by atoms with Crippen LogP contribution in [0.4, 0.5) is 0 Å². The molecule has 0 bridgehead atoms. The summed E-state index contributed by atoms with van der Waals surface area (Å²) in [4.78, 5) is 49.1. The first-order chi connectivity index (χ1) is 19.0. The van der Waals surface area contributed by atoms with Crippen molar-refractivity contribution < 1.29 is 19.1 Å². The maximum atomic E-state index is 13.5. The third-order valence-electron chi connectivity index (χ3n) is 6.30. The minimum atomic E-state index is -0.688. The molecule has 0 saturated heterocycles. The van der Waals surface area contributed by atoms with E-state index >= 15 is 0 Å². The largest absolute Gasteiger partial charge is 0.497 e. The summed E-state index contributed by atoms with van der Waals surface area (Å²) in [6.07, 6.45) is 2.16. The zero-order chi connectivity index (χ0) is 27.4. The van der Waals surface area contributed by atoms with E-state index in [2.05, 4.69) is 4.99 Å². The van der Waals surface area contributed by atoms with Crippen molar-refractivity contribution >= 4 is 28.6 Å². The number of hydrogen-bond acceptors (Lipinski definition) is 6. The van der Waals surface area contributed by atoms with Crippen molar-refractivity contribution in [2.75, 3.05) is 13.7 Å². The Morgan fingerprint density at radius 3 is 2.44 bits per heavy atom. The Morgan fingerprint density at radius 1 is 0.974 bits per heavy atom. The van der Waals surface area contributed by atoms with E-state index in [-0.39, 0.29) is 28.6 Å². The zero-order valence-corrected chi connectivity index (χ0v) is 21.5. The van der Waals surface area contributed by atoms with Crippen molar-refractivity contribution in [3.05, 3.63) is 118 Å². The predicted molar refractivity (Wildman–Crippen MR) is 146 cm³/mol. The lowest BCUT2D eigenvalue weighted by atomic mass is 10.1. The van der Waals surface area contributed by atoms with Gasteiger partial charge in [0.2, 0.25) is 0 Å². The average molecular weight is 523 g/mol. The van der Waals surface area contributed by atoms with Crippen LogP contribution in [0.15, 0.2) is 94.8 Å². The lowest BCUT2D eigenvalue weighted by Crippen LogP contribution is -2.33. The molecular formula is C30H26N4O5. The molecule has 0 atom stereocenters. The van der Waals surface area contributed by atoms with Gasteiger partial charge in [-0.25, -0.2) is 9.78 Å². The van der Waals surface area contributed by atoms with Gasteiger partial charge < -0.3 is 14.0 Å². The fourth-order valence-electron chi connectivity index (χ4n) is 4.35. The normalized spacial score (nSPS) is 11.6. The number of benzene rings is 2. The number of fused-ring (bicyclic) bond motifs is 2. The van der Waals surface area contributed by atoms with Crippen molar-refractivity contribution in [3.8, 4) is 5.75 Å². The van der Waals surface area contributed by atoms with E-state index in [9.17, 15) is 14.4 Å². The number of esters is 1. The molecule has 0 unspecified atom stereocenters. The van der Waals surface area contributed by atoms with Crippen molar-refractivity contribution in [2.24, 2.45) is 4.99 Å². The van der Waals surface area contributed by atoms with Crippen LogP contribution >= 0.6 is 0 Å². The van der Waals surface area contributed by atoms with Gasteiger partial charge in [0.1, 0.15) is 22.6 Å². The van der Waals surface area contributed by atoms with Gasteiger partial charge in [0, 0.05) is 18.3 Å². The number of aromatic nitrogens is 3. The predicted octanol–water partition coefficient (Wildman–Crippen LogP) is 3.82. The highest BCUT2D eigenvalue weighted by Gasteiger charge is 2.20. The van der Waals surface area contributed by atoms with E-state index in [1.807, 2.05) is 30.3 Å². The van der Waals surface area contributed by atoms with Crippen LogP contribution in [0.1, 0.15) is 33.2 Å². The van der Waals surface area contributed by atoms with Gasteiger partial charge in [-0.15, -0.1) is 0 Å². The Balaban J connectivity index is 1.81. The molecule has 196 valence electrons. The van der Waals surface area contributed by atoms with Crippen molar-refractivity contribution in [2.45, 2.75) is 19.9 Å². The Labute approximate surface area is 223 Å². The lowest BCUT2D eigenvalue weighted by Gasteiger charge is -2.15. The van der Waals surface area contributed by atoms with Gasteiger partial charge in [-0.3, -0.25) is 14.0 Å². The van der Waals surface area contributed by atoms with E-state index in [1.54, 1.807) is 60.2 Å². The molecule has 0 saturated carbocycles. The maximum absolute atomic E-state index is 13.5. The molecule has 9 heteroatoms. The van der Waals surface area contributed by atoms with Crippen LogP contribution in [0.25, 0.3) is 16.7 Å². The van der Waals surface area contributed by atoms with Gasteiger partial charge in [-0.2, -0.15) is 4.99 Å². The first kappa shape index (κ1) is 25.6. The summed E-state index contributed by atoms with van der Waals surface area (Å²) < 4.78 is 13.6. The monoisotopic (exact) mass is 522 g/mol. The Morgan fingerprint density at radius 2 is 1.72 bits per heavy atom. The van der Waals surface area contributed by atoms with E-state index in [1.165, 1.54) is 17.6 Å². The summed E-state index contributed by atoms with van der Waals surface area (Å²) in [7, 11) is 1.54. The highest BCUT2D eigenvalue weighted by Crippen LogP contribution is 2.15. The number of hydrogen-bond donors (Lipinski definition) is 0. The highest BCUT2D eigenvalue weighted by molar-refractivity contribution is 5.97. The molecule has 5 aromatic rings. The van der Waals surface area contributed by atoms with Crippen molar-refractivity contribution in [3.63, 3.8) is 0 Å². The molecule has 39 heavy (non-hydrogen) atoms. The molecule has 3 aromatic heterocycles. The first-order valence-electron chi connectivity index (χ1n) is 12.5. The first-order valence-corrected chi connectivity index (χ1v) is 12.5. The third-order valence-corrected chi connectivity index (χ3v) is 6.30. The molecule has 0 aliphatic heterocycles. The molecule has 0 N–H and O–H groups in total. The molecule has 0 aliphatic rings. The number of methoxy groups -OCH3 is 1. The summed E-state index contributed by atoms with van der Waals surface area (Å²) in [5, 5.41) is 0.214. The number of nitrogens with zero attached hydrogens (tertiary/aromatic N) is 4. The number of carbonyl (C=O) groups is 2. The van der Waals surface area contributed by atoms with Crippen LogP contribution in [0.3, 0.4) is 0 Å². The number of pyridine rings is 2. The second kappa shape index (κ2) is 11.1. The topological polar surface area (TPSA) is 104 Å². The number of ether oxygens (including phenoxy) is 2. The van der Waals surface area contributed by atoms with Crippen molar-refractivity contribution in [1.29, 1.82) is 0 Å². The molecule has 0 radical (unpaired) electrons. The molecule has 0 spiro atoms. The quantitative estimate of drug-likeness (QED) is 0.238. The van der Waals surface area contributed by atoms with Gasteiger partial charge in [0.25, 0.3) is 11.5 Å². The fourth-order valence-corrected chi connectivity index (χ4v) is 4.35. The molecule has 0 aliphatic carbocycles. The maximum Gasteiger partial charge on any atom is 0.341 e. The Kier molecular flexibility index (Phi) is 7.31. The van der Waals surface area contributed by atoms with Gasteiger partial charge in [-0.1, -0.05) is 36.4 Å². The number of carbonyl (C=O) groups excluding carboxylic acids is 2. The third kappa shape index (κ3) is 5.19.